The summed E-state index contributed by atoms with van der Waals surface area (Å²) in [4.78, 5) is 13.5. The summed E-state index contributed by atoms with van der Waals surface area (Å²) in [5, 5.41) is 13.6. The van der Waals surface area contributed by atoms with Crippen LogP contribution in [0, 0.1) is 0 Å². The van der Waals surface area contributed by atoms with E-state index in [9.17, 15) is 5.11 Å². The van der Waals surface area contributed by atoms with Crippen molar-refractivity contribution in [3.63, 3.8) is 0 Å². The number of aliphatic hydroxyl groups is 1. The van der Waals surface area contributed by atoms with E-state index in [1.165, 1.54) is 19.3 Å². The molecule has 0 bridgehead atoms. The van der Waals surface area contributed by atoms with Crippen LogP contribution in [-0.2, 0) is 19.7 Å². The summed E-state index contributed by atoms with van der Waals surface area (Å²) in [6.07, 6.45) is 5.47. The maximum Gasteiger partial charge on any atom is 0.134 e. The first-order valence-electron chi connectivity index (χ1n) is 8.32. The Labute approximate surface area is 135 Å². The Morgan fingerprint density at radius 3 is 2.48 bits per heavy atom. The molecule has 0 amide bonds. The second-order valence-electron chi connectivity index (χ2n) is 6.21. The summed E-state index contributed by atoms with van der Waals surface area (Å²) in [6, 6.07) is 4.07. The van der Waals surface area contributed by atoms with Gasteiger partial charge in [-0.15, -0.1) is 0 Å². The largest absolute Gasteiger partial charge is 0.390 e. The zero-order chi connectivity index (χ0) is 15.6. The van der Waals surface area contributed by atoms with Gasteiger partial charge in [0.1, 0.15) is 18.0 Å². The van der Waals surface area contributed by atoms with Crippen LogP contribution in [0.25, 0.3) is 0 Å². The number of hydrogen-bond donors (Lipinski definition) is 1. The number of piperidine rings is 1. The number of rotatable bonds is 3. The molecule has 1 saturated heterocycles. The van der Waals surface area contributed by atoms with Crippen LogP contribution in [0.3, 0.4) is 0 Å². The zero-order valence-electron chi connectivity index (χ0n) is 13.2. The third-order valence-electron chi connectivity index (χ3n) is 4.65. The first kappa shape index (κ1) is 14.4. The van der Waals surface area contributed by atoms with Crippen LogP contribution in [0.1, 0.15) is 30.7 Å². The van der Waals surface area contributed by atoms with E-state index in [2.05, 4.69) is 30.9 Å². The molecule has 7 nitrogen and oxygen atoms in total. The van der Waals surface area contributed by atoms with Crippen molar-refractivity contribution in [3.05, 3.63) is 29.8 Å². The van der Waals surface area contributed by atoms with Gasteiger partial charge in [0, 0.05) is 25.7 Å². The van der Waals surface area contributed by atoms with Gasteiger partial charge in [-0.2, -0.15) is 5.10 Å². The van der Waals surface area contributed by atoms with Crippen molar-refractivity contribution in [2.24, 2.45) is 0 Å². The molecular formula is C16H22N6O. The van der Waals surface area contributed by atoms with Crippen LogP contribution in [-0.4, -0.2) is 44.5 Å². The van der Waals surface area contributed by atoms with E-state index in [0.29, 0.717) is 0 Å². The van der Waals surface area contributed by atoms with E-state index in [1.807, 2.05) is 10.7 Å². The van der Waals surface area contributed by atoms with Crippen LogP contribution in [0.15, 0.2) is 18.5 Å². The fourth-order valence-corrected chi connectivity index (χ4v) is 3.40. The normalized spacial score (nSPS) is 18.1. The van der Waals surface area contributed by atoms with Gasteiger partial charge in [-0.3, -0.25) is 4.68 Å². The summed E-state index contributed by atoms with van der Waals surface area (Å²) < 4.78 is 1.98. The van der Waals surface area contributed by atoms with Crippen LogP contribution >= 0.6 is 0 Å². The van der Waals surface area contributed by atoms with E-state index in [0.717, 1.165) is 55.7 Å². The summed E-state index contributed by atoms with van der Waals surface area (Å²) >= 11 is 0. The third-order valence-corrected chi connectivity index (χ3v) is 4.65. The fraction of sp³-hybridized carbons (Fsp3) is 0.562. The molecule has 23 heavy (non-hydrogen) atoms. The molecule has 2 aliphatic rings. The number of nitrogens with zero attached hydrogens (tertiary/aromatic N) is 6. The Hall–Kier alpha value is -2.15. The maximum absolute atomic E-state index is 9.23. The maximum atomic E-state index is 9.23. The van der Waals surface area contributed by atoms with Gasteiger partial charge in [0.25, 0.3) is 0 Å². The molecule has 2 aliphatic heterocycles. The van der Waals surface area contributed by atoms with Crippen molar-refractivity contribution in [1.82, 2.24) is 19.7 Å². The lowest BCUT2D eigenvalue weighted by molar-refractivity contribution is 0.275. The SMILES string of the molecule is OCc1cc2n(n1)CCN(c1cc(N3CCCCC3)ncn1)C2. The highest BCUT2D eigenvalue weighted by atomic mass is 16.3. The third kappa shape index (κ3) is 2.88. The molecule has 1 N–H and O–H groups in total. The molecule has 0 saturated carbocycles. The second-order valence-corrected chi connectivity index (χ2v) is 6.21. The topological polar surface area (TPSA) is 70.3 Å². The van der Waals surface area contributed by atoms with E-state index in [-0.39, 0.29) is 6.61 Å². The van der Waals surface area contributed by atoms with Crippen molar-refractivity contribution >= 4 is 11.6 Å². The Morgan fingerprint density at radius 1 is 0.913 bits per heavy atom. The number of aromatic nitrogens is 4. The van der Waals surface area contributed by atoms with Crippen molar-refractivity contribution in [2.45, 2.75) is 39.0 Å². The van der Waals surface area contributed by atoms with Gasteiger partial charge in [-0.05, 0) is 25.3 Å². The fourth-order valence-electron chi connectivity index (χ4n) is 3.40. The summed E-state index contributed by atoms with van der Waals surface area (Å²) in [6.45, 7) is 4.62. The molecule has 0 aliphatic carbocycles. The first-order valence-corrected chi connectivity index (χ1v) is 8.32. The number of anilines is 2. The Kier molecular flexibility index (Phi) is 3.87. The molecule has 7 heteroatoms. The summed E-state index contributed by atoms with van der Waals surface area (Å²) in [7, 11) is 0. The van der Waals surface area contributed by atoms with Crippen molar-refractivity contribution in [2.75, 3.05) is 29.4 Å². The average molecular weight is 314 g/mol. The molecular weight excluding hydrogens is 292 g/mol. The number of aliphatic hydroxyl groups excluding tert-OH is 1. The molecule has 0 unspecified atom stereocenters. The van der Waals surface area contributed by atoms with Crippen LogP contribution in [0.2, 0.25) is 0 Å². The van der Waals surface area contributed by atoms with E-state index in [4.69, 9.17) is 0 Å². The van der Waals surface area contributed by atoms with Gasteiger partial charge in [-0.1, -0.05) is 0 Å². The Bertz CT molecular complexity index is 679. The van der Waals surface area contributed by atoms with Crippen molar-refractivity contribution < 1.29 is 5.11 Å². The second kappa shape index (κ2) is 6.16. The van der Waals surface area contributed by atoms with Crippen LogP contribution < -0.4 is 9.80 Å². The Balaban J connectivity index is 1.54. The minimum Gasteiger partial charge on any atom is -0.390 e. The molecule has 4 heterocycles. The van der Waals surface area contributed by atoms with Crippen molar-refractivity contribution in [3.8, 4) is 0 Å². The quantitative estimate of drug-likeness (QED) is 0.917. The smallest absolute Gasteiger partial charge is 0.134 e. The highest BCUT2D eigenvalue weighted by Crippen LogP contribution is 2.24. The standard InChI is InChI=1S/C16H22N6O/c23-11-13-8-14-10-21(6-7-22(14)19-13)16-9-15(17-12-18-16)20-4-2-1-3-5-20/h8-9,12,23H,1-7,10-11H2. The van der Waals surface area contributed by atoms with Gasteiger partial charge in [0.15, 0.2) is 0 Å². The lowest BCUT2D eigenvalue weighted by Gasteiger charge is -2.31. The minimum absolute atomic E-state index is 0.00733. The first-order chi connectivity index (χ1) is 11.3. The van der Waals surface area contributed by atoms with Gasteiger partial charge < -0.3 is 14.9 Å². The van der Waals surface area contributed by atoms with E-state index in [1.54, 1.807) is 6.33 Å². The van der Waals surface area contributed by atoms with Gasteiger partial charge in [0.05, 0.1) is 31.1 Å². The molecule has 4 rings (SSSR count). The van der Waals surface area contributed by atoms with Gasteiger partial charge in [0.2, 0.25) is 0 Å². The van der Waals surface area contributed by atoms with E-state index >= 15 is 0 Å². The lowest BCUT2D eigenvalue weighted by atomic mass is 10.1. The monoisotopic (exact) mass is 314 g/mol. The lowest BCUT2D eigenvalue weighted by Crippen LogP contribution is -2.35. The molecule has 0 aromatic carbocycles. The van der Waals surface area contributed by atoms with Crippen molar-refractivity contribution in [1.29, 1.82) is 0 Å². The molecule has 122 valence electrons. The minimum atomic E-state index is -0.00733. The summed E-state index contributed by atoms with van der Waals surface area (Å²) in [5.74, 6) is 2.00. The molecule has 0 spiro atoms. The highest BCUT2D eigenvalue weighted by Gasteiger charge is 2.21. The molecule has 0 atom stereocenters. The average Bonchev–Trinajstić information content (AvgIpc) is 3.05. The van der Waals surface area contributed by atoms with Crippen LogP contribution in [0.5, 0.6) is 0 Å². The molecule has 0 radical (unpaired) electrons. The van der Waals surface area contributed by atoms with Gasteiger partial charge >= 0.3 is 0 Å². The number of fused-ring (bicyclic) bond motifs is 1. The number of hydrogen-bond acceptors (Lipinski definition) is 6. The predicted molar refractivity (Wildman–Crippen MR) is 87.3 cm³/mol. The highest BCUT2D eigenvalue weighted by molar-refractivity contribution is 5.50. The van der Waals surface area contributed by atoms with E-state index < -0.39 is 0 Å². The summed E-state index contributed by atoms with van der Waals surface area (Å²) in [5.41, 5.74) is 1.86. The zero-order valence-corrected chi connectivity index (χ0v) is 13.2. The Morgan fingerprint density at radius 2 is 1.70 bits per heavy atom. The van der Waals surface area contributed by atoms with Crippen LogP contribution in [0.4, 0.5) is 11.6 Å². The molecule has 2 aromatic rings. The molecule has 2 aromatic heterocycles. The predicted octanol–water partition coefficient (Wildman–Crippen LogP) is 1.18. The van der Waals surface area contributed by atoms with Gasteiger partial charge in [-0.25, -0.2) is 9.97 Å². The molecule has 1 fully saturated rings.